The van der Waals surface area contributed by atoms with Crippen LogP contribution in [0.5, 0.6) is 0 Å². The lowest BCUT2D eigenvalue weighted by Crippen LogP contribution is -2.36. The Morgan fingerprint density at radius 2 is 1.67 bits per heavy atom. The van der Waals surface area contributed by atoms with Crippen LogP contribution in [0.15, 0.2) is 48.6 Å². The van der Waals surface area contributed by atoms with Crippen LogP contribution in [0.25, 0.3) is 0 Å². The molecule has 0 bridgehead atoms. The number of carboxylic acid groups (broad SMARTS) is 1. The fourth-order valence-electron chi connectivity index (χ4n) is 4.80. The zero-order valence-corrected chi connectivity index (χ0v) is 17.5. The average Bonchev–Trinajstić information content (AvgIpc) is 2.59. The summed E-state index contributed by atoms with van der Waals surface area (Å²) in [5.41, 5.74) is 4.33. The number of carbonyl (C=O) groups is 1. The van der Waals surface area contributed by atoms with E-state index >= 15 is 0 Å². The van der Waals surface area contributed by atoms with Gasteiger partial charge in [0, 0.05) is 5.92 Å². The third-order valence-electron chi connectivity index (χ3n) is 6.69. The van der Waals surface area contributed by atoms with Gasteiger partial charge in [-0.2, -0.15) is 0 Å². The predicted molar refractivity (Wildman–Crippen MR) is 112 cm³/mol. The molecular weight excluding hydrogens is 332 g/mol. The molecule has 2 atom stereocenters. The number of carboxylic acids is 1. The van der Waals surface area contributed by atoms with Crippen LogP contribution in [-0.2, 0) is 15.6 Å². The van der Waals surface area contributed by atoms with Crippen LogP contribution < -0.4 is 0 Å². The Kier molecular flexibility index (Phi) is 4.74. The van der Waals surface area contributed by atoms with Gasteiger partial charge < -0.3 is 5.11 Å². The predicted octanol–water partition coefficient (Wildman–Crippen LogP) is 6.20. The van der Waals surface area contributed by atoms with Gasteiger partial charge >= 0.3 is 5.97 Å². The average molecular weight is 365 g/mol. The summed E-state index contributed by atoms with van der Waals surface area (Å²) in [7, 11) is 0. The van der Waals surface area contributed by atoms with Crippen molar-refractivity contribution in [2.75, 3.05) is 0 Å². The molecule has 3 rings (SSSR count). The molecule has 0 saturated heterocycles. The van der Waals surface area contributed by atoms with Crippen molar-refractivity contribution in [1.82, 2.24) is 0 Å². The standard InChI is InChI=1S/C25H32O2/c1-7-11-25(22(26)27)12-9-8-10-19(25)18-16-21-20(15-17(18)2)23(3,4)13-14-24(21,5)6/h7-12,15-16,19H,13-14H2,1-6H3,(H,26,27). The monoisotopic (exact) mass is 364 g/mol. The highest BCUT2D eigenvalue weighted by molar-refractivity contribution is 5.82. The van der Waals surface area contributed by atoms with Crippen molar-refractivity contribution in [3.05, 3.63) is 70.8 Å². The Morgan fingerprint density at radius 3 is 2.22 bits per heavy atom. The number of aryl methyl sites for hydroxylation is 1. The summed E-state index contributed by atoms with van der Waals surface area (Å²) in [5, 5.41) is 10.1. The van der Waals surface area contributed by atoms with E-state index in [1.54, 1.807) is 0 Å². The highest BCUT2D eigenvalue weighted by Crippen LogP contribution is 2.50. The first-order chi connectivity index (χ1) is 12.5. The lowest BCUT2D eigenvalue weighted by Gasteiger charge is -2.43. The van der Waals surface area contributed by atoms with Crippen LogP contribution in [0.3, 0.4) is 0 Å². The topological polar surface area (TPSA) is 37.3 Å². The second-order valence-corrected chi connectivity index (χ2v) is 9.48. The molecule has 0 amide bonds. The summed E-state index contributed by atoms with van der Waals surface area (Å²) in [6.07, 6.45) is 13.7. The molecule has 2 nitrogen and oxygen atoms in total. The molecule has 27 heavy (non-hydrogen) atoms. The number of hydrogen-bond acceptors (Lipinski definition) is 1. The molecule has 2 heteroatoms. The van der Waals surface area contributed by atoms with Gasteiger partial charge in [-0.3, -0.25) is 4.79 Å². The van der Waals surface area contributed by atoms with Gasteiger partial charge in [0.05, 0.1) is 0 Å². The van der Waals surface area contributed by atoms with Gasteiger partial charge in [0.15, 0.2) is 0 Å². The van der Waals surface area contributed by atoms with E-state index in [9.17, 15) is 9.90 Å². The number of aliphatic carboxylic acids is 1. The first-order valence-corrected chi connectivity index (χ1v) is 9.94. The number of hydrogen-bond donors (Lipinski definition) is 1. The smallest absolute Gasteiger partial charge is 0.318 e. The molecule has 0 aromatic heterocycles. The SMILES string of the molecule is CC=CC1(C(=O)O)C=CC=CC1c1cc2c(cc1C)C(C)(C)CCC2(C)C. The molecule has 144 valence electrons. The fraction of sp³-hybridized carbons (Fsp3) is 0.480. The van der Waals surface area contributed by atoms with Crippen molar-refractivity contribution in [2.24, 2.45) is 5.41 Å². The molecule has 1 aromatic rings. The summed E-state index contributed by atoms with van der Waals surface area (Å²) in [6, 6.07) is 4.63. The largest absolute Gasteiger partial charge is 0.480 e. The lowest BCUT2D eigenvalue weighted by atomic mass is 9.61. The zero-order valence-electron chi connectivity index (χ0n) is 17.5. The highest BCUT2D eigenvalue weighted by atomic mass is 16.4. The van der Waals surface area contributed by atoms with E-state index in [0.29, 0.717) is 0 Å². The van der Waals surface area contributed by atoms with E-state index in [1.807, 2.05) is 43.4 Å². The fourth-order valence-corrected chi connectivity index (χ4v) is 4.80. The third-order valence-corrected chi connectivity index (χ3v) is 6.69. The minimum atomic E-state index is -1.03. The normalized spacial score (nSPS) is 28.3. The van der Waals surface area contributed by atoms with Crippen LogP contribution in [-0.4, -0.2) is 11.1 Å². The van der Waals surface area contributed by atoms with Gasteiger partial charge in [-0.15, -0.1) is 0 Å². The number of benzene rings is 1. The molecule has 2 unspecified atom stereocenters. The van der Waals surface area contributed by atoms with Crippen molar-refractivity contribution < 1.29 is 9.90 Å². The number of rotatable bonds is 3. The van der Waals surface area contributed by atoms with Crippen LogP contribution in [0.4, 0.5) is 0 Å². The van der Waals surface area contributed by atoms with Crippen LogP contribution in [0.2, 0.25) is 0 Å². The number of allylic oxidation sites excluding steroid dienone is 4. The van der Waals surface area contributed by atoms with Crippen molar-refractivity contribution >= 4 is 5.97 Å². The van der Waals surface area contributed by atoms with E-state index in [4.69, 9.17) is 0 Å². The highest BCUT2D eigenvalue weighted by Gasteiger charge is 2.44. The van der Waals surface area contributed by atoms with Crippen LogP contribution in [0, 0.1) is 12.3 Å². The molecule has 0 saturated carbocycles. The van der Waals surface area contributed by atoms with Crippen molar-refractivity contribution in [3.8, 4) is 0 Å². The first-order valence-electron chi connectivity index (χ1n) is 9.94. The molecule has 0 radical (unpaired) electrons. The molecule has 2 aliphatic rings. The second-order valence-electron chi connectivity index (χ2n) is 9.48. The molecule has 0 spiro atoms. The molecule has 1 aromatic carbocycles. The van der Waals surface area contributed by atoms with Gasteiger partial charge in [0.2, 0.25) is 0 Å². The minimum Gasteiger partial charge on any atom is -0.480 e. The lowest BCUT2D eigenvalue weighted by molar-refractivity contribution is -0.144. The minimum absolute atomic E-state index is 0.105. The molecule has 0 fully saturated rings. The second kappa shape index (κ2) is 6.51. The Bertz CT molecular complexity index is 851. The van der Waals surface area contributed by atoms with E-state index < -0.39 is 11.4 Å². The third kappa shape index (κ3) is 3.09. The Hall–Kier alpha value is -2.09. The summed E-state index contributed by atoms with van der Waals surface area (Å²) in [5.74, 6) is -1.01. The Morgan fingerprint density at radius 1 is 1.07 bits per heavy atom. The Balaban J connectivity index is 2.25. The maximum absolute atomic E-state index is 12.3. The molecule has 2 aliphatic carbocycles. The Labute approximate surface area is 163 Å². The van der Waals surface area contributed by atoms with Gasteiger partial charge in [-0.1, -0.05) is 76.3 Å². The molecule has 0 aliphatic heterocycles. The van der Waals surface area contributed by atoms with Gasteiger partial charge in [-0.05, 0) is 59.8 Å². The quantitative estimate of drug-likeness (QED) is 0.648. The summed E-state index contributed by atoms with van der Waals surface area (Å²) in [6.45, 7) is 13.3. The van der Waals surface area contributed by atoms with Crippen molar-refractivity contribution in [2.45, 2.75) is 71.1 Å². The van der Waals surface area contributed by atoms with Crippen molar-refractivity contribution in [1.29, 1.82) is 0 Å². The molecular formula is C25H32O2. The number of fused-ring (bicyclic) bond motifs is 1. The molecule has 1 N–H and O–H groups in total. The van der Waals surface area contributed by atoms with Crippen LogP contribution in [0.1, 0.15) is 75.6 Å². The van der Waals surface area contributed by atoms with Gasteiger partial charge in [0.1, 0.15) is 5.41 Å². The summed E-state index contributed by atoms with van der Waals surface area (Å²) in [4.78, 5) is 12.3. The summed E-state index contributed by atoms with van der Waals surface area (Å²) >= 11 is 0. The van der Waals surface area contributed by atoms with E-state index in [-0.39, 0.29) is 16.7 Å². The van der Waals surface area contributed by atoms with E-state index in [0.717, 1.165) is 12.0 Å². The maximum atomic E-state index is 12.3. The van der Waals surface area contributed by atoms with E-state index in [2.05, 4.69) is 46.8 Å². The zero-order chi connectivity index (χ0) is 20.0. The van der Waals surface area contributed by atoms with E-state index in [1.165, 1.54) is 23.1 Å². The van der Waals surface area contributed by atoms with Gasteiger partial charge in [-0.25, -0.2) is 0 Å². The first kappa shape index (κ1) is 19.7. The summed E-state index contributed by atoms with van der Waals surface area (Å²) < 4.78 is 0. The maximum Gasteiger partial charge on any atom is 0.318 e. The van der Waals surface area contributed by atoms with Gasteiger partial charge in [0.25, 0.3) is 0 Å². The molecule has 0 heterocycles. The van der Waals surface area contributed by atoms with Crippen LogP contribution >= 0.6 is 0 Å². The van der Waals surface area contributed by atoms with Crippen molar-refractivity contribution in [3.63, 3.8) is 0 Å².